The standard InChI is InChI=1S/C16H32.C2H6/c1-7-9-15-10-14(8-2)12(5)16(11(3)4)13(15)6;1-2/h11-16H,7-10H2,1-6H3;1-2H3. The third kappa shape index (κ3) is 4.28. The van der Waals surface area contributed by atoms with Crippen LogP contribution in [0.25, 0.3) is 0 Å². The molecular weight excluding hydrogens is 216 g/mol. The Morgan fingerprint density at radius 1 is 0.944 bits per heavy atom. The lowest BCUT2D eigenvalue weighted by molar-refractivity contribution is 0.0210. The Hall–Kier alpha value is 0. The van der Waals surface area contributed by atoms with Crippen LogP contribution in [0.3, 0.4) is 0 Å². The van der Waals surface area contributed by atoms with Gasteiger partial charge < -0.3 is 0 Å². The van der Waals surface area contributed by atoms with Gasteiger partial charge in [0.05, 0.1) is 0 Å². The Kier molecular flexibility index (Phi) is 8.99. The Labute approximate surface area is 117 Å². The number of hydrogen-bond acceptors (Lipinski definition) is 0. The lowest BCUT2D eigenvalue weighted by Gasteiger charge is -2.47. The highest BCUT2D eigenvalue weighted by molar-refractivity contribution is 4.89. The first-order chi connectivity index (χ1) is 8.52. The maximum absolute atomic E-state index is 2.52. The molecule has 0 heteroatoms. The summed E-state index contributed by atoms with van der Waals surface area (Å²) >= 11 is 0. The van der Waals surface area contributed by atoms with E-state index >= 15 is 0 Å². The van der Waals surface area contributed by atoms with Crippen LogP contribution in [0, 0.1) is 35.5 Å². The molecule has 0 saturated heterocycles. The molecule has 0 N–H and O–H groups in total. The minimum Gasteiger partial charge on any atom is -0.0683 e. The van der Waals surface area contributed by atoms with E-state index in [0.717, 1.165) is 35.5 Å². The molecule has 0 bridgehead atoms. The van der Waals surface area contributed by atoms with Crippen LogP contribution >= 0.6 is 0 Å². The average molecular weight is 255 g/mol. The van der Waals surface area contributed by atoms with Gasteiger partial charge in [0.25, 0.3) is 0 Å². The van der Waals surface area contributed by atoms with Gasteiger partial charge in [-0.3, -0.25) is 0 Å². The molecular formula is C18H38. The Balaban J connectivity index is 0.00000137. The summed E-state index contributed by atoms with van der Waals surface area (Å²) in [5, 5.41) is 0. The van der Waals surface area contributed by atoms with Crippen molar-refractivity contribution in [3.05, 3.63) is 0 Å². The van der Waals surface area contributed by atoms with Gasteiger partial charge in [0.1, 0.15) is 0 Å². The second-order valence-electron chi connectivity index (χ2n) is 6.49. The zero-order chi connectivity index (χ0) is 14.3. The normalized spacial score (nSPS) is 36.2. The van der Waals surface area contributed by atoms with E-state index in [9.17, 15) is 0 Å². The summed E-state index contributed by atoms with van der Waals surface area (Å²) in [7, 11) is 0. The summed E-state index contributed by atoms with van der Waals surface area (Å²) < 4.78 is 0. The third-order valence-corrected chi connectivity index (χ3v) is 5.26. The van der Waals surface area contributed by atoms with Crippen LogP contribution < -0.4 is 0 Å². The van der Waals surface area contributed by atoms with E-state index in [1.54, 1.807) is 0 Å². The first-order valence-corrected chi connectivity index (χ1v) is 8.52. The van der Waals surface area contributed by atoms with Gasteiger partial charge in [-0.05, 0) is 41.9 Å². The molecule has 18 heavy (non-hydrogen) atoms. The van der Waals surface area contributed by atoms with E-state index < -0.39 is 0 Å². The first-order valence-electron chi connectivity index (χ1n) is 8.52. The van der Waals surface area contributed by atoms with Crippen molar-refractivity contribution in [2.75, 3.05) is 0 Å². The Morgan fingerprint density at radius 2 is 1.44 bits per heavy atom. The molecule has 0 aliphatic heterocycles. The van der Waals surface area contributed by atoms with Crippen molar-refractivity contribution >= 4 is 0 Å². The maximum Gasteiger partial charge on any atom is -0.0334 e. The summed E-state index contributed by atoms with van der Waals surface area (Å²) in [5.74, 6) is 5.68. The highest BCUT2D eigenvalue weighted by Crippen LogP contribution is 2.47. The minimum atomic E-state index is 0.860. The molecule has 110 valence electrons. The lowest BCUT2D eigenvalue weighted by Crippen LogP contribution is -2.40. The van der Waals surface area contributed by atoms with Gasteiger partial charge in [-0.1, -0.05) is 74.7 Å². The molecule has 1 fully saturated rings. The van der Waals surface area contributed by atoms with E-state index in [0.29, 0.717) is 0 Å². The molecule has 1 saturated carbocycles. The molecule has 0 spiro atoms. The van der Waals surface area contributed by atoms with Crippen LogP contribution in [0.5, 0.6) is 0 Å². The van der Waals surface area contributed by atoms with Gasteiger partial charge in [-0.25, -0.2) is 0 Å². The lowest BCUT2D eigenvalue weighted by atomic mass is 9.58. The summed E-state index contributed by atoms with van der Waals surface area (Å²) in [4.78, 5) is 0. The van der Waals surface area contributed by atoms with E-state index in [4.69, 9.17) is 0 Å². The van der Waals surface area contributed by atoms with Gasteiger partial charge in [-0.15, -0.1) is 0 Å². The zero-order valence-electron chi connectivity index (χ0n) is 14.3. The largest absolute Gasteiger partial charge is 0.0683 e. The van der Waals surface area contributed by atoms with Crippen LogP contribution in [0.15, 0.2) is 0 Å². The molecule has 0 aromatic heterocycles. The van der Waals surface area contributed by atoms with Gasteiger partial charge >= 0.3 is 0 Å². The van der Waals surface area contributed by atoms with Crippen LogP contribution in [0.2, 0.25) is 0 Å². The quantitative estimate of drug-likeness (QED) is 0.544. The van der Waals surface area contributed by atoms with Crippen LogP contribution in [0.1, 0.15) is 81.1 Å². The second-order valence-corrected chi connectivity index (χ2v) is 6.49. The van der Waals surface area contributed by atoms with E-state index in [1.807, 2.05) is 13.8 Å². The fourth-order valence-electron chi connectivity index (χ4n) is 4.43. The molecule has 0 radical (unpaired) electrons. The first kappa shape index (κ1) is 18.0. The zero-order valence-corrected chi connectivity index (χ0v) is 14.3. The predicted octanol–water partition coefficient (Wildman–Crippen LogP) is 6.40. The predicted molar refractivity (Wildman–Crippen MR) is 84.8 cm³/mol. The van der Waals surface area contributed by atoms with Crippen LogP contribution in [-0.2, 0) is 0 Å². The maximum atomic E-state index is 2.52. The molecule has 5 atom stereocenters. The van der Waals surface area contributed by atoms with Crippen molar-refractivity contribution in [2.45, 2.75) is 81.1 Å². The summed E-state index contributed by atoms with van der Waals surface area (Å²) in [6, 6.07) is 0. The number of hydrogen-bond donors (Lipinski definition) is 0. The van der Waals surface area contributed by atoms with Gasteiger partial charge in [0.2, 0.25) is 0 Å². The monoisotopic (exact) mass is 254 g/mol. The van der Waals surface area contributed by atoms with Crippen molar-refractivity contribution in [3.8, 4) is 0 Å². The van der Waals surface area contributed by atoms with Crippen molar-refractivity contribution in [1.82, 2.24) is 0 Å². The van der Waals surface area contributed by atoms with Crippen LogP contribution in [-0.4, -0.2) is 0 Å². The van der Waals surface area contributed by atoms with E-state index in [-0.39, 0.29) is 0 Å². The van der Waals surface area contributed by atoms with Crippen molar-refractivity contribution in [1.29, 1.82) is 0 Å². The number of rotatable bonds is 4. The van der Waals surface area contributed by atoms with Gasteiger partial charge in [0, 0.05) is 0 Å². The summed E-state index contributed by atoms with van der Waals surface area (Å²) in [6.07, 6.45) is 5.70. The summed E-state index contributed by atoms with van der Waals surface area (Å²) in [5.41, 5.74) is 0. The Morgan fingerprint density at radius 3 is 1.83 bits per heavy atom. The summed E-state index contributed by atoms with van der Waals surface area (Å²) in [6.45, 7) is 18.6. The topological polar surface area (TPSA) is 0 Å². The molecule has 5 unspecified atom stereocenters. The van der Waals surface area contributed by atoms with Crippen molar-refractivity contribution in [2.24, 2.45) is 35.5 Å². The van der Waals surface area contributed by atoms with E-state index in [1.165, 1.54) is 25.7 Å². The third-order valence-electron chi connectivity index (χ3n) is 5.26. The molecule has 1 aliphatic rings. The fourth-order valence-corrected chi connectivity index (χ4v) is 4.43. The van der Waals surface area contributed by atoms with Crippen molar-refractivity contribution < 1.29 is 0 Å². The minimum absolute atomic E-state index is 0.860. The molecule has 1 aliphatic carbocycles. The average Bonchev–Trinajstić information content (AvgIpc) is 2.35. The second kappa shape index (κ2) is 8.99. The highest BCUT2D eigenvalue weighted by atomic mass is 14.4. The van der Waals surface area contributed by atoms with Gasteiger partial charge in [-0.2, -0.15) is 0 Å². The van der Waals surface area contributed by atoms with Crippen molar-refractivity contribution in [3.63, 3.8) is 0 Å². The van der Waals surface area contributed by atoms with Gasteiger partial charge in [0.15, 0.2) is 0 Å². The molecule has 0 heterocycles. The van der Waals surface area contributed by atoms with Crippen LogP contribution in [0.4, 0.5) is 0 Å². The molecule has 0 aromatic carbocycles. The molecule has 0 aromatic rings. The highest BCUT2D eigenvalue weighted by Gasteiger charge is 2.40. The molecule has 0 amide bonds. The fraction of sp³-hybridized carbons (Fsp3) is 1.00. The van der Waals surface area contributed by atoms with E-state index in [2.05, 4.69) is 41.5 Å². The molecule has 0 nitrogen and oxygen atoms in total. The smallest absolute Gasteiger partial charge is 0.0334 e. The molecule has 1 rings (SSSR count). The Bertz CT molecular complexity index is 194. The SMILES string of the molecule is CC.CCCC1CC(CC)C(C)C(C(C)C)C1C.